The number of nitrogens with zero attached hydrogens (tertiary/aromatic N) is 4. The largest absolute Gasteiger partial charge is 0.353 e. The van der Waals surface area contributed by atoms with Crippen molar-refractivity contribution in [2.24, 2.45) is 0 Å². The van der Waals surface area contributed by atoms with Crippen LogP contribution in [-0.4, -0.2) is 35.6 Å². The van der Waals surface area contributed by atoms with Crippen LogP contribution in [0, 0.1) is 6.92 Å². The number of hydrogen-bond donors (Lipinski definition) is 0. The first-order chi connectivity index (χ1) is 10.8. The van der Waals surface area contributed by atoms with Gasteiger partial charge in [-0.15, -0.1) is 0 Å². The van der Waals surface area contributed by atoms with Gasteiger partial charge in [0.1, 0.15) is 5.82 Å². The number of aryl methyl sites for hydroxylation is 1. The van der Waals surface area contributed by atoms with Gasteiger partial charge in [0.25, 0.3) is 0 Å². The third-order valence-electron chi connectivity index (χ3n) is 5.11. The van der Waals surface area contributed by atoms with Gasteiger partial charge in [-0.3, -0.25) is 0 Å². The van der Waals surface area contributed by atoms with Crippen molar-refractivity contribution in [3.8, 4) is 0 Å². The predicted octanol–water partition coefficient (Wildman–Crippen LogP) is 3.93. The van der Waals surface area contributed by atoms with E-state index in [2.05, 4.69) is 29.7 Å². The predicted molar refractivity (Wildman–Crippen MR) is 92.7 cm³/mol. The molecule has 0 spiro atoms. The summed E-state index contributed by atoms with van der Waals surface area (Å²) in [6, 6.07) is 2.83. The second-order valence-corrected chi connectivity index (χ2v) is 6.82. The number of aromatic nitrogens is 2. The van der Waals surface area contributed by atoms with E-state index in [0.29, 0.717) is 6.04 Å². The summed E-state index contributed by atoms with van der Waals surface area (Å²) in [7, 11) is 0. The Morgan fingerprint density at radius 1 is 1.00 bits per heavy atom. The van der Waals surface area contributed by atoms with Crippen molar-refractivity contribution in [3.63, 3.8) is 0 Å². The molecule has 4 heteroatoms. The summed E-state index contributed by atoms with van der Waals surface area (Å²) in [4.78, 5) is 14.6. The zero-order valence-corrected chi connectivity index (χ0v) is 14.2. The van der Waals surface area contributed by atoms with Gasteiger partial charge in [0.2, 0.25) is 5.95 Å². The molecule has 2 saturated heterocycles. The van der Waals surface area contributed by atoms with Crippen LogP contribution in [0.5, 0.6) is 0 Å². The molecule has 1 aromatic heterocycles. The maximum Gasteiger partial charge on any atom is 0.227 e. The van der Waals surface area contributed by atoms with Crippen molar-refractivity contribution < 1.29 is 0 Å². The lowest BCUT2D eigenvalue weighted by atomic mass is 10.00. The molecule has 0 N–H and O–H groups in total. The van der Waals surface area contributed by atoms with Gasteiger partial charge in [-0.1, -0.05) is 19.8 Å². The van der Waals surface area contributed by atoms with Crippen molar-refractivity contribution in [2.75, 3.05) is 29.4 Å². The van der Waals surface area contributed by atoms with Crippen LogP contribution in [0.3, 0.4) is 0 Å². The Labute approximate surface area is 134 Å². The second-order valence-electron chi connectivity index (χ2n) is 6.82. The number of piperidine rings is 1. The van der Waals surface area contributed by atoms with Crippen LogP contribution in [0.25, 0.3) is 0 Å². The molecule has 1 unspecified atom stereocenters. The lowest BCUT2D eigenvalue weighted by Crippen LogP contribution is -2.40. The third kappa shape index (κ3) is 3.53. The minimum atomic E-state index is 0.653. The molecule has 122 valence electrons. The highest BCUT2D eigenvalue weighted by molar-refractivity contribution is 5.47. The van der Waals surface area contributed by atoms with Gasteiger partial charge in [0.05, 0.1) is 0 Å². The average molecular weight is 302 g/mol. The highest BCUT2D eigenvalue weighted by Crippen LogP contribution is 2.27. The topological polar surface area (TPSA) is 32.3 Å². The molecule has 2 aliphatic heterocycles. The maximum absolute atomic E-state index is 4.96. The minimum Gasteiger partial charge on any atom is -0.353 e. The van der Waals surface area contributed by atoms with E-state index in [1.165, 1.54) is 51.4 Å². The van der Waals surface area contributed by atoms with Gasteiger partial charge in [-0.25, -0.2) is 4.98 Å². The molecule has 3 heterocycles. The van der Waals surface area contributed by atoms with E-state index in [9.17, 15) is 0 Å². The molecule has 0 saturated carbocycles. The summed E-state index contributed by atoms with van der Waals surface area (Å²) in [6.07, 6.45) is 10.4. The van der Waals surface area contributed by atoms with E-state index in [1.54, 1.807) is 0 Å². The van der Waals surface area contributed by atoms with E-state index in [4.69, 9.17) is 9.97 Å². The fourth-order valence-electron chi connectivity index (χ4n) is 3.82. The summed E-state index contributed by atoms with van der Waals surface area (Å²) in [5.41, 5.74) is 1.10. The average Bonchev–Trinajstić information content (AvgIpc) is 2.83. The molecule has 1 aromatic rings. The maximum atomic E-state index is 4.96. The number of anilines is 2. The van der Waals surface area contributed by atoms with Gasteiger partial charge in [0, 0.05) is 37.4 Å². The van der Waals surface area contributed by atoms with Crippen LogP contribution < -0.4 is 9.80 Å². The molecular weight excluding hydrogens is 272 g/mol. The van der Waals surface area contributed by atoms with Crippen LogP contribution >= 0.6 is 0 Å². The van der Waals surface area contributed by atoms with Crippen molar-refractivity contribution >= 4 is 11.8 Å². The molecule has 0 aliphatic carbocycles. The van der Waals surface area contributed by atoms with E-state index in [-0.39, 0.29) is 0 Å². The summed E-state index contributed by atoms with van der Waals surface area (Å²) in [6.45, 7) is 7.78. The Hall–Kier alpha value is -1.32. The lowest BCUT2D eigenvalue weighted by molar-refractivity contribution is 0.446. The van der Waals surface area contributed by atoms with Crippen LogP contribution in [0.15, 0.2) is 6.07 Å². The summed E-state index contributed by atoms with van der Waals surface area (Å²) < 4.78 is 0. The first kappa shape index (κ1) is 15.6. The molecule has 0 amide bonds. The van der Waals surface area contributed by atoms with Gasteiger partial charge < -0.3 is 9.80 Å². The van der Waals surface area contributed by atoms with E-state index >= 15 is 0 Å². The molecule has 22 heavy (non-hydrogen) atoms. The van der Waals surface area contributed by atoms with E-state index in [1.807, 2.05) is 0 Å². The van der Waals surface area contributed by atoms with Gasteiger partial charge in [0.15, 0.2) is 0 Å². The molecule has 0 bridgehead atoms. The molecule has 2 fully saturated rings. The monoisotopic (exact) mass is 302 g/mol. The Morgan fingerprint density at radius 2 is 1.73 bits per heavy atom. The molecule has 3 rings (SSSR count). The Kier molecular flexibility index (Phi) is 5.16. The van der Waals surface area contributed by atoms with Crippen LogP contribution in [0.1, 0.15) is 64.0 Å². The third-order valence-corrected chi connectivity index (χ3v) is 5.11. The van der Waals surface area contributed by atoms with Crippen molar-refractivity contribution in [1.82, 2.24) is 9.97 Å². The zero-order valence-electron chi connectivity index (χ0n) is 14.2. The fourth-order valence-corrected chi connectivity index (χ4v) is 3.82. The first-order valence-corrected chi connectivity index (χ1v) is 9.15. The van der Waals surface area contributed by atoms with Gasteiger partial charge in [-0.2, -0.15) is 4.98 Å². The molecule has 0 aromatic carbocycles. The molecular formula is C18H30N4. The van der Waals surface area contributed by atoms with Crippen LogP contribution in [0.2, 0.25) is 0 Å². The highest BCUT2D eigenvalue weighted by atomic mass is 15.3. The fraction of sp³-hybridized carbons (Fsp3) is 0.778. The summed E-state index contributed by atoms with van der Waals surface area (Å²) >= 11 is 0. The molecule has 2 aliphatic rings. The quantitative estimate of drug-likeness (QED) is 0.846. The van der Waals surface area contributed by atoms with Crippen LogP contribution in [-0.2, 0) is 0 Å². The lowest BCUT2D eigenvalue weighted by Gasteiger charge is -2.36. The SMILES string of the molecule is CCC1CCCCN1c1cc(C)nc(N2CCCCCC2)n1. The molecule has 4 nitrogen and oxygen atoms in total. The van der Waals surface area contributed by atoms with Gasteiger partial charge in [-0.05, 0) is 45.4 Å². The summed E-state index contributed by atoms with van der Waals surface area (Å²) in [5, 5.41) is 0. The Bertz CT molecular complexity index is 480. The Balaban J connectivity index is 1.85. The first-order valence-electron chi connectivity index (χ1n) is 9.15. The van der Waals surface area contributed by atoms with E-state index < -0.39 is 0 Å². The van der Waals surface area contributed by atoms with Gasteiger partial charge >= 0.3 is 0 Å². The smallest absolute Gasteiger partial charge is 0.227 e. The standard InChI is InChI=1S/C18H30N4/c1-3-16-10-6-9-13-22(16)17-14-15(2)19-18(20-17)21-11-7-4-5-8-12-21/h14,16H,3-13H2,1-2H3. The molecule has 0 radical (unpaired) electrons. The molecule has 1 atom stereocenters. The van der Waals surface area contributed by atoms with Crippen molar-refractivity contribution in [1.29, 1.82) is 0 Å². The zero-order chi connectivity index (χ0) is 15.4. The highest BCUT2D eigenvalue weighted by Gasteiger charge is 2.23. The normalized spacial score (nSPS) is 23.5. The Morgan fingerprint density at radius 3 is 2.45 bits per heavy atom. The minimum absolute atomic E-state index is 0.653. The van der Waals surface area contributed by atoms with Crippen LogP contribution in [0.4, 0.5) is 11.8 Å². The van der Waals surface area contributed by atoms with Crippen molar-refractivity contribution in [2.45, 2.75) is 71.3 Å². The van der Waals surface area contributed by atoms with E-state index in [0.717, 1.165) is 37.1 Å². The summed E-state index contributed by atoms with van der Waals surface area (Å²) in [5.74, 6) is 2.11. The number of rotatable bonds is 3. The number of hydrogen-bond acceptors (Lipinski definition) is 4. The second kappa shape index (κ2) is 7.30. The van der Waals surface area contributed by atoms with Crippen molar-refractivity contribution in [3.05, 3.63) is 11.8 Å².